The molecule has 0 unspecified atom stereocenters. The first kappa shape index (κ1) is 23.9. The maximum atomic E-state index is 11.8. The van der Waals surface area contributed by atoms with E-state index < -0.39 is 41.7 Å². The maximum Gasteiger partial charge on any atom is 0.303 e. The lowest BCUT2D eigenvalue weighted by Gasteiger charge is -2.39. The van der Waals surface area contributed by atoms with Gasteiger partial charge < -0.3 is 18.9 Å². The number of carbonyl (C=O) groups excluding carboxylic acids is 3. The van der Waals surface area contributed by atoms with Gasteiger partial charge in [-0.3, -0.25) is 14.4 Å². The second kappa shape index (κ2) is 10.7. The molecule has 1 aromatic carbocycles. The van der Waals surface area contributed by atoms with Crippen molar-refractivity contribution in [3.8, 4) is 16.9 Å². The molecule has 8 nitrogen and oxygen atoms in total. The Bertz CT molecular complexity index is 984. The molecule has 1 saturated heterocycles. The van der Waals surface area contributed by atoms with Gasteiger partial charge >= 0.3 is 17.9 Å². The molecule has 4 atom stereocenters. The number of aromatic nitrogens is 1. The Labute approximate surface area is 194 Å². The molecule has 3 rings (SSSR count). The fourth-order valence-electron chi connectivity index (χ4n) is 3.24. The van der Waals surface area contributed by atoms with Crippen LogP contribution in [0.4, 0.5) is 0 Å². The number of carbonyl (C=O) groups is 3. The fraction of sp³-hybridized carbons (Fsp3) is 0.364. The van der Waals surface area contributed by atoms with Crippen LogP contribution in [0.5, 0.6) is 5.75 Å². The highest BCUT2D eigenvalue weighted by Crippen LogP contribution is 2.35. The molecule has 0 radical (unpaired) electrons. The molecular formula is C22H22ClNO7S. The lowest BCUT2D eigenvalue weighted by Crippen LogP contribution is -2.55. The van der Waals surface area contributed by atoms with E-state index in [-0.39, 0.29) is 0 Å². The molecule has 0 spiro atoms. The smallest absolute Gasteiger partial charge is 0.303 e. The van der Waals surface area contributed by atoms with Gasteiger partial charge in [0.15, 0.2) is 23.7 Å². The molecule has 1 fully saturated rings. The number of esters is 3. The summed E-state index contributed by atoms with van der Waals surface area (Å²) in [6, 6.07) is 10.8. The predicted octanol–water partition coefficient (Wildman–Crippen LogP) is 3.65. The monoisotopic (exact) mass is 479 g/mol. The summed E-state index contributed by atoms with van der Waals surface area (Å²) < 4.78 is 22.3. The second-order valence-electron chi connectivity index (χ2n) is 7.01. The summed E-state index contributed by atoms with van der Waals surface area (Å²) >= 11 is 7.16. The van der Waals surface area contributed by atoms with Crippen LogP contribution < -0.4 is 4.74 Å². The van der Waals surface area contributed by atoms with E-state index in [1.54, 1.807) is 18.3 Å². The number of benzene rings is 1. The molecule has 0 N–H and O–H groups in total. The van der Waals surface area contributed by atoms with Crippen molar-refractivity contribution in [1.29, 1.82) is 0 Å². The van der Waals surface area contributed by atoms with E-state index >= 15 is 0 Å². The van der Waals surface area contributed by atoms with E-state index in [4.69, 9.17) is 30.5 Å². The summed E-state index contributed by atoms with van der Waals surface area (Å²) in [6.45, 7) is 3.74. The molecule has 0 aliphatic carbocycles. The number of rotatable bonds is 6. The zero-order valence-corrected chi connectivity index (χ0v) is 19.2. The van der Waals surface area contributed by atoms with Gasteiger partial charge in [0.1, 0.15) is 10.9 Å². The van der Waals surface area contributed by atoms with Crippen LogP contribution in [-0.2, 0) is 28.6 Å². The lowest BCUT2D eigenvalue weighted by molar-refractivity contribution is -0.186. The average molecular weight is 480 g/mol. The standard InChI is InChI=1S/C22H22ClNO7S/c1-12(25)28-18-11-32-22(21(30-14(3)27)20(18)29-13(2)26)31-17-6-4-5-15(9-17)16-7-8-19(23)24-10-16/h4-10,18,20-22H,11H2,1-3H3/t18-,20+,21-,22-/m1/s1. The summed E-state index contributed by atoms with van der Waals surface area (Å²) in [7, 11) is 0. The Kier molecular flexibility index (Phi) is 7.98. The van der Waals surface area contributed by atoms with Crippen LogP contribution in [0.1, 0.15) is 20.8 Å². The van der Waals surface area contributed by atoms with Crippen molar-refractivity contribution in [2.75, 3.05) is 5.75 Å². The molecule has 0 saturated carbocycles. The van der Waals surface area contributed by atoms with Crippen LogP contribution in [0.15, 0.2) is 42.6 Å². The Morgan fingerprint density at radius 2 is 1.62 bits per heavy atom. The zero-order valence-electron chi connectivity index (χ0n) is 17.6. The molecule has 32 heavy (non-hydrogen) atoms. The molecule has 1 aromatic heterocycles. The number of thioether (sulfide) groups is 1. The number of hydrogen-bond donors (Lipinski definition) is 0. The van der Waals surface area contributed by atoms with Crippen molar-refractivity contribution in [3.05, 3.63) is 47.7 Å². The van der Waals surface area contributed by atoms with Gasteiger partial charge in [-0.05, 0) is 29.8 Å². The Balaban J connectivity index is 1.86. The van der Waals surface area contributed by atoms with E-state index in [0.717, 1.165) is 11.1 Å². The van der Waals surface area contributed by atoms with E-state index in [9.17, 15) is 14.4 Å². The summed E-state index contributed by atoms with van der Waals surface area (Å²) in [4.78, 5) is 39.1. The maximum absolute atomic E-state index is 11.8. The molecule has 0 amide bonds. The molecule has 2 heterocycles. The first-order valence-corrected chi connectivity index (χ1v) is 11.2. The number of hydrogen-bond acceptors (Lipinski definition) is 9. The number of ether oxygens (including phenoxy) is 4. The van der Waals surface area contributed by atoms with Crippen LogP contribution in [0.25, 0.3) is 11.1 Å². The van der Waals surface area contributed by atoms with Crippen LogP contribution in [0.3, 0.4) is 0 Å². The predicted molar refractivity (Wildman–Crippen MR) is 118 cm³/mol. The third kappa shape index (κ3) is 6.37. The highest BCUT2D eigenvalue weighted by Gasteiger charge is 2.47. The van der Waals surface area contributed by atoms with E-state index in [0.29, 0.717) is 16.7 Å². The van der Waals surface area contributed by atoms with Gasteiger partial charge in [-0.25, -0.2) is 4.98 Å². The molecular weight excluding hydrogens is 458 g/mol. The van der Waals surface area contributed by atoms with Crippen molar-refractivity contribution in [2.24, 2.45) is 0 Å². The highest BCUT2D eigenvalue weighted by molar-refractivity contribution is 7.99. The summed E-state index contributed by atoms with van der Waals surface area (Å²) in [6.07, 6.45) is -1.12. The quantitative estimate of drug-likeness (QED) is 0.349. The first-order valence-electron chi connectivity index (χ1n) is 9.75. The molecule has 170 valence electrons. The first-order chi connectivity index (χ1) is 15.2. The summed E-state index contributed by atoms with van der Waals surface area (Å²) in [5, 5.41) is 0.392. The van der Waals surface area contributed by atoms with Gasteiger partial charge in [0, 0.05) is 38.3 Å². The zero-order chi connectivity index (χ0) is 23.3. The van der Waals surface area contributed by atoms with Gasteiger partial charge in [0.05, 0.1) is 0 Å². The topological polar surface area (TPSA) is 101 Å². The number of pyridine rings is 1. The number of nitrogens with zero attached hydrogens (tertiary/aromatic N) is 1. The van der Waals surface area contributed by atoms with Gasteiger partial charge in [-0.1, -0.05) is 23.7 Å². The van der Waals surface area contributed by atoms with E-state index in [2.05, 4.69) is 4.98 Å². The second-order valence-corrected chi connectivity index (χ2v) is 8.53. The fourth-order valence-corrected chi connectivity index (χ4v) is 4.57. The minimum absolute atomic E-state index is 0.292. The summed E-state index contributed by atoms with van der Waals surface area (Å²) in [5.41, 5.74) is 1.000. The van der Waals surface area contributed by atoms with Crippen LogP contribution in [0.2, 0.25) is 5.15 Å². The van der Waals surface area contributed by atoms with Crippen LogP contribution >= 0.6 is 23.4 Å². The van der Waals surface area contributed by atoms with Crippen molar-refractivity contribution in [1.82, 2.24) is 4.98 Å². The van der Waals surface area contributed by atoms with Crippen LogP contribution in [0, 0.1) is 0 Å². The molecule has 10 heteroatoms. The SMILES string of the molecule is CC(=O)O[C@@H]1[C@@H](OC(C)=O)[C@H](OC(C)=O)CS[C@H]1Oc1cccc(-c2ccc(Cl)nc2)c1. The number of halogens is 1. The Morgan fingerprint density at radius 3 is 2.25 bits per heavy atom. The molecule has 1 aliphatic rings. The van der Waals surface area contributed by atoms with Crippen molar-refractivity contribution in [2.45, 2.75) is 44.5 Å². The van der Waals surface area contributed by atoms with Gasteiger partial charge in [-0.15, -0.1) is 11.8 Å². The van der Waals surface area contributed by atoms with Gasteiger partial charge in [0.25, 0.3) is 0 Å². The lowest BCUT2D eigenvalue weighted by atomic mass is 10.1. The van der Waals surface area contributed by atoms with Crippen LogP contribution in [-0.4, -0.2) is 52.4 Å². The normalized spacial score (nSPS) is 22.5. The third-order valence-electron chi connectivity index (χ3n) is 4.45. The molecule has 2 aromatic rings. The van der Waals surface area contributed by atoms with Gasteiger partial charge in [-0.2, -0.15) is 0 Å². The van der Waals surface area contributed by atoms with Crippen molar-refractivity contribution in [3.63, 3.8) is 0 Å². The Morgan fingerprint density at radius 1 is 0.938 bits per heavy atom. The van der Waals surface area contributed by atoms with E-state index in [1.165, 1.54) is 32.5 Å². The van der Waals surface area contributed by atoms with E-state index in [1.807, 2.05) is 24.3 Å². The van der Waals surface area contributed by atoms with Crippen molar-refractivity contribution >= 4 is 41.3 Å². The highest BCUT2D eigenvalue weighted by atomic mass is 35.5. The third-order valence-corrected chi connectivity index (χ3v) is 5.89. The largest absolute Gasteiger partial charge is 0.476 e. The Hall–Kier alpha value is -2.78. The molecule has 0 bridgehead atoms. The average Bonchev–Trinajstić information content (AvgIpc) is 2.72. The van der Waals surface area contributed by atoms with Crippen molar-refractivity contribution < 1.29 is 33.3 Å². The van der Waals surface area contributed by atoms with Gasteiger partial charge in [0.2, 0.25) is 0 Å². The minimum Gasteiger partial charge on any atom is -0.476 e. The molecule has 1 aliphatic heterocycles. The minimum atomic E-state index is -1.00. The summed E-state index contributed by atoms with van der Waals surface area (Å²) in [5.74, 6) is -0.892.